The number of amides is 1. The molecule has 29 heavy (non-hydrogen) atoms. The fraction of sp³-hybridized carbons (Fsp3) is 0.435. The van der Waals surface area contributed by atoms with Crippen molar-refractivity contribution in [2.24, 2.45) is 0 Å². The molecule has 0 aliphatic carbocycles. The molecule has 0 bridgehead atoms. The molecule has 6 nitrogen and oxygen atoms in total. The van der Waals surface area contributed by atoms with E-state index in [2.05, 4.69) is 15.5 Å². The Morgan fingerprint density at radius 2 is 1.97 bits per heavy atom. The number of ether oxygens (including phenoxy) is 2. The highest BCUT2D eigenvalue weighted by Crippen LogP contribution is 2.28. The number of hydrogen-bond acceptors (Lipinski definition) is 5. The van der Waals surface area contributed by atoms with Crippen LogP contribution < -0.4 is 20.1 Å². The number of likely N-dealkylation sites (tertiary alicyclic amines) is 1. The largest absolute Gasteiger partial charge is 0.493 e. The van der Waals surface area contributed by atoms with Gasteiger partial charge in [0.25, 0.3) is 0 Å². The number of carbonyl (C=O) groups is 1. The van der Waals surface area contributed by atoms with Crippen molar-refractivity contribution in [2.75, 3.05) is 33.8 Å². The van der Waals surface area contributed by atoms with Gasteiger partial charge in [-0.2, -0.15) is 0 Å². The van der Waals surface area contributed by atoms with E-state index < -0.39 is 0 Å². The summed E-state index contributed by atoms with van der Waals surface area (Å²) in [6, 6.07) is 16.3. The monoisotopic (exact) mass is 397 g/mol. The molecule has 3 rings (SSSR count). The molecule has 156 valence electrons. The van der Waals surface area contributed by atoms with Crippen LogP contribution in [-0.2, 0) is 17.9 Å². The number of piperidine rings is 1. The van der Waals surface area contributed by atoms with Crippen molar-refractivity contribution in [1.82, 2.24) is 15.5 Å². The quantitative estimate of drug-likeness (QED) is 0.681. The van der Waals surface area contributed by atoms with Crippen molar-refractivity contribution in [3.63, 3.8) is 0 Å². The number of benzene rings is 2. The molecule has 1 aliphatic rings. The third-order valence-corrected chi connectivity index (χ3v) is 5.24. The number of hydrogen-bond donors (Lipinski definition) is 2. The molecule has 1 saturated heterocycles. The molecule has 1 unspecified atom stereocenters. The smallest absolute Gasteiger partial charge is 0.234 e. The Kier molecular flexibility index (Phi) is 7.90. The van der Waals surface area contributed by atoms with Gasteiger partial charge in [-0.05, 0) is 49.7 Å². The van der Waals surface area contributed by atoms with Crippen LogP contribution in [0.4, 0.5) is 0 Å². The highest BCUT2D eigenvalue weighted by atomic mass is 16.5. The van der Waals surface area contributed by atoms with Crippen LogP contribution in [0.2, 0.25) is 0 Å². The molecule has 0 spiro atoms. The van der Waals surface area contributed by atoms with Crippen molar-refractivity contribution in [2.45, 2.75) is 32.0 Å². The average molecular weight is 398 g/mol. The van der Waals surface area contributed by atoms with Gasteiger partial charge >= 0.3 is 0 Å². The Morgan fingerprint density at radius 3 is 2.72 bits per heavy atom. The summed E-state index contributed by atoms with van der Waals surface area (Å²) in [6.45, 7) is 3.29. The molecule has 0 radical (unpaired) electrons. The summed E-state index contributed by atoms with van der Waals surface area (Å²) in [6.07, 6.45) is 2.30. The van der Waals surface area contributed by atoms with E-state index in [1.54, 1.807) is 7.11 Å². The van der Waals surface area contributed by atoms with E-state index in [4.69, 9.17) is 9.47 Å². The van der Waals surface area contributed by atoms with Gasteiger partial charge in [0.05, 0.1) is 13.7 Å². The van der Waals surface area contributed by atoms with Crippen molar-refractivity contribution in [3.05, 3.63) is 59.7 Å². The van der Waals surface area contributed by atoms with Crippen molar-refractivity contribution in [1.29, 1.82) is 0 Å². The third-order valence-electron chi connectivity index (χ3n) is 5.24. The minimum Gasteiger partial charge on any atom is -0.493 e. The first-order valence-electron chi connectivity index (χ1n) is 10.2. The molecular weight excluding hydrogens is 366 g/mol. The highest BCUT2D eigenvalue weighted by Gasteiger charge is 2.20. The molecular formula is C23H31N3O3. The number of rotatable bonds is 9. The van der Waals surface area contributed by atoms with Crippen LogP contribution in [0.25, 0.3) is 0 Å². The summed E-state index contributed by atoms with van der Waals surface area (Å²) in [5.41, 5.74) is 2.08. The van der Waals surface area contributed by atoms with Gasteiger partial charge in [-0.1, -0.05) is 36.4 Å². The lowest BCUT2D eigenvalue weighted by atomic mass is 10.1. The first-order chi connectivity index (χ1) is 14.2. The molecule has 2 aromatic rings. The Balaban J connectivity index is 1.49. The fourth-order valence-electron chi connectivity index (χ4n) is 3.57. The minimum atomic E-state index is 0.0464. The Bertz CT molecular complexity index is 782. The predicted molar refractivity (Wildman–Crippen MR) is 114 cm³/mol. The van der Waals surface area contributed by atoms with Crippen LogP contribution in [0.5, 0.6) is 11.5 Å². The lowest BCUT2D eigenvalue weighted by Gasteiger charge is -2.31. The number of nitrogens with zero attached hydrogens (tertiary/aromatic N) is 1. The van der Waals surface area contributed by atoms with E-state index in [9.17, 15) is 4.79 Å². The van der Waals surface area contributed by atoms with Crippen LogP contribution >= 0.6 is 0 Å². The van der Waals surface area contributed by atoms with Gasteiger partial charge in [-0.3, -0.25) is 9.69 Å². The zero-order valence-corrected chi connectivity index (χ0v) is 17.3. The van der Waals surface area contributed by atoms with E-state index in [1.807, 2.05) is 55.6 Å². The van der Waals surface area contributed by atoms with Gasteiger partial charge in [0.15, 0.2) is 11.5 Å². The molecule has 1 amide bonds. The van der Waals surface area contributed by atoms with Crippen molar-refractivity contribution >= 4 is 5.91 Å². The molecule has 0 saturated carbocycles. The first kappa shape index (κ1) is 21.1. The molecule has 1 atom stereocenters. The second-order valence-corrected chi connectivity index (χ2v) is 7.40. The van der Waals surface area contributed by atoms with Crippen LogP contribution in [0, 0.1) is 0 Å². The van der Waals surface area contributed by atoms with Gasteiger partial charge in [0, 0.05) is 19.1 Å². The van der Waals surface area contributed by atoms with E-state index in [0.29, 0.717) is 37.2 Å². The fourth-order valence-corrected chi connectivity index (χ4v) is 3.57. The standard InChI is InChI=1S/C23H31N3O3/c1-24-20-9-6-12-26(15-20)16-23(27)25-14-19-10-11-21(22(13-19)28-2)29-17-18-7-4-3-5-8-18/h3-5,7-8,10-11,13,20,24H,6,9,12,14-17H2,1-2H3,(H,25,27). The van der Waals surface area contributed by atoms with Gasteiger partial charge in [-0.25, -0.2) is 0 Å². The maximum atomic E-state index is 12.3. The maximum absolute atomic E-state index is 12.3. The lowest BCUT2D eigenvalue weighted by molar-refractivity contribution is -0.122. The summed E-state index contributed by atoms with van der Waals surface area (Å²) in [7, 11) is 3.61. The number of likely N-dealkylation sites (N-methyl/N-ethyl adjacent to an activating group) is 1. The van der Waals surface area contributed by atoms with E-state index in [0.717, 1.165) is 30.6 Å². The normalized spacial score (nSPS) is 17.0. The summed E-state index contributed by atoms with van der Waals surface area (Å²) in [5.74, 6) is 1.41. The van der Waals surface area contributed by atoms with Gasteiger partial charge in [0.1, 0.15) is 6.61 Å². The third kappa shape index (κ3) is 6.48. The van der Waals surface area contributed by atoms with E-state index in [-0.39, 0.29) is 5.91 Å². The first-order valence-corrected chi connectivity index (χ1v) is 10.2. The number of nitrogens with one attached hydrogen (secondary N) is 2. The molecule has 1 aliphatic heterocycles. The lowest BCUT2D eigenvalue weighted by Crippen LogP contribution is -2.47. The summed E-state index contributed by atoms with van der Waals surface area (Å²) < 4.78 is 11.4. The van der Waals surface area contributed by atoms with Crippen molar-refractivity contribution < 1.29 is 14.3 Å². The molecule has 2 aromatic carbocycles. The second kappa shape index (κ2) is 10.8. The molecule has 6 heteroatoms. The van der Waals surface area contributed by atoms with Gasteiger partial charge in [0.2, 0.25) is 5.91 Å². The summed E-state index contributed by atoms with van der Waals surface area (Å²) >= 11 is 0. The molecule has 1 fully saturated rings. The average Bonchev–Trinajstić information content (AvgIpc) is 2.77. The molecule has 2 N–H and O–H groups in total. The molecule has 1 heterocycles. The van der Waals surface area contributed by atoms with E-state index in [1.165, 1.54) is 6.42 Å². The number of methoxy groups -OCH3 is 1. The number of carbonyl (C=O) groups excluding carboxylic acids is 1. The predicted octanol–water partition coefficient (Wildman–Crippen LogP) is 2.57. The van der Waals surface area contributed by atoms with E-state index >= 15 is 0 Å². The molecule has 0 aromatic heterocycles. The Labute approximate surface area is 173 Å². The Hall–Kier alpha value is -2.57. The topological polar surface area (TPSA) is 62.8 Å². The second-order valence-electron chi connectivity index (χ2n) is 7.40. The van der Waals surface area contributed by atoms with Gasteiger partial charge in [-0.15, -0.1) is 0 Å². The summed E-state index contributed by atoms with van der Waals surface area (Å²) in [4.78, 5) is 14.5. The SMILES string of the molecule is CNC1CCCN(CC(=O)NCc2ccc(OCc3ccccc3)c(OC)c2)C1. The van der Waals surface area contributed by atoms with Gasteiger partial charge < -0.3 is 20.1 Å². The Morgan fingerprint density at radius 1 is 1.14 bits per heavy atom. The van der Waals surface area contributed by atoms with Crippen LogP contribution in [-0.4, -0.2) is 50.6 Å². The van der Waals surface area contributed by atoms with Crippen molar-refractivity contribution in [3.8, 4) is 11.5 Å². The van der Waals surface area contributed by atoms with Crippen LogP contribution in [0.1, 0.15) is 24.0 Å². The minimum absolute atomic E-state index is 0.0464. The zero-order valence-electron chi connectivity index (χ0n) is 17.3. The summed E-state index contributed by atoms with van der Waals surface area (Å²) in [5, 5.41) is 6.31. The van der Waals surface area contributed by atoms with Crippen LogP contribution in [0.3, 0.4) is 0 Å². The zero-order chi connectivity index (χ0) is 20.5. The maximum Gasteiger partial charge on any atom is 0.234 e. The highest BCUT2D eigenvalue weighted by molar-refractivity contribution is 5.78. The van der Waals surface area contributed by atoms with Crippen LogP contribution in [0.15, 0.2) is 48.5 Å².